The number of pyridine rings is 1. The summed E-state index contributed by atoms with van der Waals surface area (Å²) >= 11 is 0. The Morgan fingerprint density at radius 3 is 2.09 bits per heavy atom. The van der Waals surface area contributed by atoms with E-state index < -0.39 is 7.26 Å². The van der Waals surface area contributed by atoms with Crippen LogP contribution in [-0.4, -0.2) is 20.0 Å². The Morgan fingerprint density at radius 2 is 1.50 bits per heavy atom. The molecule has 2 aliphatic rings. The number of aromatic nitrogens is 1. The van der Waals surface area contributed by atoms with E-state index in [0.29, 0.717) is 0 Å². The average Bonchev–Trinajstić information content (AvgIpc) is 2.76. The minimum absolute atomic E-state index is 0.00721. The molecule has 0 bridgehead atoms. The summed E-state index contributed by atoms with van der Waals surface area (Å²) in [6, 6.07) is 14.4. The van der Waals surface area contributed by atoms with Gasteiger partial charge in [0.2, 0.25) is 5.69 Å². The third kappa shape index (κ3) is 2.37. The fourth-order valence-electron chi connectivity index (χ4n) is 7.48. The molecule has 1 atom stereocenters. The first kappa shape index (κ1) is 22.1. The van der Waals surface area contributed by atoms with Crippen molar-refractivity contribution in [2.75, 3.05) is 20.0 Å². The second-order valence-corrected chi connectivity index (χ2v) is 16.3. The molecule has 0 spiro atoms. The van der Waals surface area contributed by atoms with Gasteiger partial charge >= 0.3 is 0 Å². The Labute approximate surface area is 195 Å². The van der Waals surface area contributed by atoms with Crippen LogP contribution in [0.1, 0.15) is 77.5 Å². The van der Waals surface area contributed by atoms with Crippen molar-refractivity contribution in [3.05, 3.63) is 59.3 Å². The van der Waals surface area contributed by atoms with Crippen LogP contribution in [0.2, 0.25) is 0 Å². The molecule has 5 rings (SSSR count). The van der Waals surface area contributed by atoms with Gasteiger partial charge in [0.25, 0.3) is 0 Å². The molecule has 1 aliphatic carbocycles. The monoisotopic (exact) mass is 445 g/mol. The number of hydrogen-bond acceptors (Lipinski definition) is 0. The van der Waals surface area contributed by atoms with Crippen molar-refractivity contribution >= 4 is 23.3 Å². The van der Waals surface area contributed by atoms with Crippen LogP contribution in [-0.2, 0) is 16.4 Å². The van der Waals surface area contributed by atoms with E-state index in [4.69, 9.17) is 0 Å². The molecule has 0 saturated heterocycles. The Morgan fingerprint density at radius 1 is 0.812 bits per heavy atom. The van der Waals surface area contributed by atoms with Gasteiger partial charge in [0.15, 0.2) is 11.7 Å². The van der Waals surface area contributed by atoms with Gasteiger partial charge < -0.3 is 0 Å². The van der Waals surface area contributed by atoms with Crippen LogP contribution in [0.5, 0.6) is 0 Å². The van der Waals surface area contributed by atoms with Gasteiger partial charge in [-0.3, -0.25) is 0 Å². The summed E-state index contributed by atoms with van der Waals surface area (Å²) in [5.74, 6) is 0. The SMILES string of the molecule is CCC1(C)c2ccc([P+](C)(C)C)c3c2-c2c4c(cccc4cc[n+]2C1(CC)CC)C3(C)C. The zero-order valence-electron chi connectivity index (χ0n) is 21.6. The van der Waals surface area contributed by atoms with Gasteiger partial charge in [-0.05, 0) is 35.9 Å². The molecule has 1 nitrogen and oxygen atoms in total. The van der Waals surface area contributed by atoms with Crippen LogP contribution < -0.4 is 9.87 Å². The standard InChI is InChI=1S/C30H40NP/c1-10-29(6)22-16-17-23(32(7,8)9)26-25(22)27-24-20(14-13-15-21(24)28(26,4)5)18-19-31(27)30(29,11-2)12-3/h13-19H,10-12H2,1-9H3/q+2. The summed E-state index contributed by atoms with van der Waals surface area (Å²) in [5.41, 5.74) is 7.93. The van der Waals surface area contributed by atoms with Gasteiger partial charge in [-0.25, -0.2) is 0 Å². The van der Waals surface area contributed by atoms with E-state index in [-0.39, 0.29) is 16.4 Å². The van der Waals surface area contributed by atoms with Crippen molar-refractivity contribution in [2.45, 2.75) is 77.2 Å². The quantitative estimate of drug-likeness (QED) is 0.296. The fraction of sp³-hybridized carbons (Fsp3) is 0.500. The summed E-state index contributed by atoms with van der Waals surface area (Å²) in [4.78, 5) is 0. The fourth-order valence-corrected chi connectivity index (χ4v) is 9.06. The van der Waals surface area contributed by atoms with Gasteiger partial charge in [0.05, 0.1) is 41.7 Å². The molecule has 0 saturated carbocycles. The van der Waals surface area contributed by atoms with Gasteiger partial charge in [0.1, 0.15) is 0 Å². The summed E-state index contributed by atoms with van der Waals surface area (Å²) in [7, 11) is -1.21. The molecular weight excluding hydrogens is 405 g/mol. The molecule has 0 fully saturated rings. The molecule has 2 aromatic carbocycles. The van der Waals surface area contributed by atoms with E-state index in [1.165, 1.54) is 22.0 Å². The zero-order chi connectivity index (χ0) is 23.3. The van der Waals surface area contributed by atoms with E-state index in [1.807, 2.05) is 0 Å². The first-order chi connectivity index (χ1) is 15.0. The Kier molecular flexibility index (Phi) is 4.60. The molecule has 168 valence electrons. The Balaban J connectivity index is 2.12. The van der Waals surface area contributed by atoms with Crippen LogP contribution in [0.25, 0.3) is 22.0 Å². The van der Waals surface area contributed by atoms with E-state index in [1.54, 1.807) is 22.0 Å². The first-order valence-corrected chi connectivity index (χ1v) is 15.6. The molecule has 0 radical (unpaired) electrons. The smallest absolute Gasteiger partial charge is 0.191 e. The molecule has 1 aromatic heterocycles. The van der Waals surface area contributed by atoms with Crippen molar-refractivity contribution in [2.24, 2.45) is 0 Å². The van der Waals surface area contributed by atoms with Crippen LogP contribution in [0.3, 0.4) is 0 Å². The largest absolute Gasteiger partial charge is 0.221 e. The molecular formula is C30H40NP+2. The molecule has 0 N–H and O–H groups in total. The average molecular weight is 446 g/mol. The molecule has 32 heavy (non-hydrogen) atoms. The van der Waals surface area contributed by atoms with Gasteiger partial charge in [-0.2, -0.15) is 4.57 Å². The lowest BCUT2D eigenvalue weighted by atomic mass is 9.56. The molecule has 2 heteroatoms. The number of hydrogen-bond donors (Lipinski definition) is 0. The lowest BCUT2D eigenvalue weighted by Gasteiger charge is -2.50. The Hall–Kier alpha value is -1.72. The summed E-state index contributed by atoms with van der Waals surface area (Å²) in [5, 5.41) is 4.48. The topological polar surface area (TPSA) is 3.88 Å². The molecule has 3 aromatic rings. The van der Waals surface area contributed by atoms with Crippen molar-refractivity contribution in [1.29, 1.82) is 0 Å². The molecule has 0 amide bonds. The lowest BCUT2D eigenvalue weighted by Crippen LogP contribution is -2.69. The van der Waals surface area contributed by atoms with E-state index in [0.717, 1.165) is 19.3 Å². The highest BCUT2D eigenvalue weighted by Gasteiger charge is 2.61. The molecule has 1 unspecified atom stereocenters. The van der Waals surface area contributed by atoms with E-state index in [2.05, 4.69) is 109 Å². The van der Waals surface area contributed by atoms with Crippen LogP contribution in [0, 0.1) is 0 Å². The van der Waals surface area contributed by atoms with Crippen molar-refractivity contribution < 1.29 is 4.57 Å². The zero-order valence-corrected chi connectivity index (χ0v) is 22.5. The highest BCUT2D eigenvalue weighted by Crippen LogP contribution is 2.60. The van der Waals surface area contributed by atoms with E-state index >= 15 is 0 Å². The second-order valence-electron chi connectivity index (χ2n) is 11.7. The normalized spacial score (nSPS) is 22.3. The highest BCUT2D eigenvalue weighted by molar-refractivity contribution is 7.81. The van der Waals surface area contributed by atoms with Crippen molar-refractivity contribution in [1.82, 2.24) is 0 Å². The number of nitrogens with zero attached hydrogens (tertiary/aromatic N) is 1. The number of benzene rings is 2. The van der Waals surface area contributed by atoms with Crippen LogP contribution in [0.15, 0.2) is 42.6 Å². The first-order valence-electron chi connectivity index (χ1n) is 12.5. The third-order valence-corrected chi connectivity index (χ3v) is 11.2. The van der Waals surface area contributed by atoms with Crippen molar-refractivity contribution in [3.63, 3.8) is 0 Å². The van der Waals surface area contributed by atoms with Gasteiger partial charge in [0, 0.05) is 37.1 Å². The maximum Gasteiger partial charge on any atom is 0.221 e. The lowest BCUT2D eigenvalue weighted by molar-refractivity contribution is -0.768. The molecule has 2 heterocycles. The second kappa shape index (κ2) is 6.66. The molecule has 1 aliphatic heterocycles. The Bertz CT molecular complexity index is 1260. The maximum atomic E-state index is 2.73. The highest BCUT2D eigenvalue weighted by atomic mass is 31.2. The summed E-state index contributed by atoms with van der Waals surface area (Å²) in [6.45, 7) is 22.2. The van der Waals surface area contributed by atoms with Crippen molar-refractivity contribution in [3.8, 4) is 11.3 Å². The predicted octanol–water partition coefficient (Wildman–Crippen LogP) is 7.16. The third-order valence-electron chi connectivity index (χ3n) is 9.38. The minimum atomic E-state index is -1.21. The minimum Gasteiger partial charge on any atom is -0.191 e. The predicted molar refractivity (Wildman–Crippen MR) is 142 cm³/mol. The van der Waals surface area contributed by atoms with Crippen LogP contribution in [0.4, 0.5) is 0 Å². The van der Waals surface area contributed by atoms with Crippen LogP contribution >= 0.6 is 7.26 Å². The maximum absolute atomic E-state index is 2.73. The van der Waals surface area contributed by atoms with Gasteiger partial charge in [-0.15, -0.1) is 0 Å². The number of rotatable bonds is 4. The van der Waals surface area contributed by atoms with Gasteiger partial charge in [-0.1, -0.05) is 58.9 Å². The summed E-state index contributed by atoms with van der Waals surface area (Å²) in [6.07, 6.45) is 5.86. The summed E-state index contributed by atoms with van der Waals surface area (Å²) < 4.78 is 2.73. The van der Waals surface area contributed by atoms with E-state index in [9.17, 15) is 0 Å².